The summed E-state index contributed by atoms with van der Waals surface area (Å²) in [4.78, 5) is 2.48. The van der Waals surface area contributed by atoms with E-state index in [2.05, 4.69) is 48.2 Å². The van der Waals surface area contributed by atoms with E-state index in [1.807, 2.05) is 6.07 Å². The third-order valence-corrected chi connectivity index (χ3v) is 3.98. The first-order chi connectivity index (χ1) is 9.24. The van der Waals surface area contributed by atoms with Crippen LogP contribution in [0.4, 0.5) is 11.4 Å². The minimum absolute atomic E-state index is 0.847. The molecule has 1 aliphatic rings. The molecule has 0 radical (unpaired) electrons. The lowest BCUT2D eigenvalue weighted by atomic mass is 10.0. The molecule has 0 unspecified atom stereocenters. The summed E-state index contributed by atoms with van der Waals surface area (Å²) >= 11 is 0. The summed E-state index contributed by atoms with van der Waals surface area (Å²) < 4.78 is 0. The normalized spacial score (nSPS) is 14.9. The molecule has 0 aromatic heterocycles. The van der Waals surface area contributed by atoms with Crippen LogP contribution in [0.2, 0.25) is 0 Å². The molecule has 0 atom stereocenters. The van der Waals surface area contributed by atoms with Crippen LogP contribution in [-0.2, 0) is 12.8 Å². The fraction of sp³-hybridized carbons (Fsp3) is 0.294. The average molecular weight is 252 g/mol. The Kier molecular flexibility index (Phi) is 3.16. The zero-order chi connectivity index (χ0) is 13.2. The summed E-state index contributed by atoms with van der Waals surface area (Å²) in [5, 5.41) is 0. The Morgan fingerprint density at radius 1 is 0.947 bits per heavy atom. The van der Waals surface area contributed by atoms with Crippen molar-refractivity contribution in [2.75, 3.05) is 23.7 Å². The van der Waals surface area contributed by atoms with Gasteiger partial charge < -0.3 is 10.6 Å². The Morgan fingerprint density at radius 2 is 1.58 bits per heavy atom. The zero-order valence-corrected chi connectivity index (χ0v) is 11.4. The van der Waals surface area contributed by atoms with Gasteiger partial charge in [0.05, 0.1) is 0 Å². The molecule has 3 rings (SSSR count). The van der Waals surface area contributed by atoms with E-state index in [4.69, 9.17) is 5.73 Å². The van der Waals surface area contributed by atoms with Gasteiger partial charge in [-0.3, -0.25) is 0 Å². The van der Waals surface area contributed by atoms with Crippen LogP contribution in [0.15, 0.2) is 42.5 Å². The summed E-state index contributed by atoms with van der Waals surface area (Å²) in [5.74, 6) is 0. The quantitative estimate of drug-likeness (QED) is 0.790. The Hall–Kier alpha value is -1.96. The first-order valence-corrected chi connectivity index (χ1v) is 6.92. The number of anilines is 2. The van der Waals surface area contributed by atoms with Crippen LogP contribution in [-0.4, -0.2) is 13.1 Å². The molecule has 0 fully saturated rings. The van der Waals surface area contributed by atoms with Crippen LogP contribution in [0, 0.1) is 6.92 Å². The highest BCUT2D eigenvalue weighted by Crippen LogP contribution is 2.25. The molecule has 19 heavy (non-hydrogen) atoms. The Labute approximate surface area is 114 Å². The van der Waals surface area contributed by atoms with Crippen molar-refractivity contribution < 1.29 is 0 Å². The molecule has 2 N–H and O–H groups in total. The van der Waals surface area contributed by atoms with Gasteiger partial charge in [-0.25, -0.2) is 0 Å². The van der Waals surface area contributed by atoms with Gasteiger partial charge in [-0.1, -0.05) is 24.3 Å². The van der Waals surface area contributed by atoms with Crippen LogP contribution in [0.3, 0.4) is 0 Å². The smallest absolute Gasteiger partial charge is 0.0397 e. The molecular weight excluding hydrogens is 232 g/mol. The standard InChI is InChI=1S/C17H20N2/c1-13-12-16(18)6-7-17(13)19-10-8-14-4-2-3-5-15(14)9-11-19/h2-7,12H,8-11,18H2,1H3. The maximum absolute atomic E-state index is 5.84. The van der Waals surface area contributed by atoms with Gasteiger partial charge in [0.1, 0.15) is 0 Å². The largest absolute Gasteiger partial charge is 0.399 e. The van der Waals surface area contributed by atoms with Gasteiger partial charge in [0.2, 0.25) is 0 Å². The molecule has 98 valence electrons. The highest BCUT2D eigenvalue weighted by molar-refractivity contribution is 5.59. The third-order valence-electron chi connectivity index (χ3n) is 3.98. The van der Waals surface area contributed by atoms with E-state index in [1.54, 1.807) is 0 Å². The van der Waals surface area contributed by atoms with E-state index in [-0.39, 0.29) is 0 Å². The number of nitrogens with zero attached hydrogens (tertiary/aromatic N) is 1. The second kappa shape index (κ2) is 4.96. The van der Waals surface area contributed by atoms with E-state index >= 15 is 0 Å². The second-order valence-electron chi connectivity index (χ2n) is 5.30. The fourth-order valence-corrected chi connectivity index (χ4v) is 2.94. The van der Waals surface area contributed by atoms with Gasteiger partial charge in [0, 0.05) is 24.5 Å². The van der Waals surface area contributed by atoms with Gasteiger partial charge in [-0.15, -0.1) is 0 Å². The molecule has 0 aliphatic carbocycles. The van der Waals surface area contributed by atoms with Crippen molar-refractivity contribution in [2.45, 2.75) is 19.8 Å². The molecule has 0 bridgehead atoms. The number of rotatable bonds is 1. The zero-order valence-electron chi connectivity index (χ0n) is 11.4. The number of hydrogen-bond acceptors (Lipinski definition) is 2. The molecule has 2 heteroatoms. The van der Waals surface area contributed by atoms with Gasteiger partial charge in [-0.2, -0.15) is 0 Å². The predicted octanol–water partition coefficient (Wildman–Crippen LogP) is 3.18. The summed E-state index contributed by atoms with van der Waals surface area (Å²) in [5.41, 5.74) is 12.3. The maximum Gasteiger partial charge on any atom is 0.0397 e. The van der Waals surface area contributed by atoms with Crippen LogP contribution >= 0.6 is 0 Å². The van der Waals surface area contributed by atoms with Crippen molar-refractivity contribution in [3.63, 3.8) is 0 Å². The van der Waals surface area contributed by atoms with Crippen molar-refractivity contribution in [3.8, 4) is 0 Å². The van der Waals surface area contributed by atoms with E-state index < -0.39 is 0 Å². The van der Waals surface area contributed by atoms with Gasteiger partial charge in [0.25, 0.3) is 0 Å². The van der Waals surface area contributed by atoms with Gasteiger partial charge in [-0.05, 0) is 54.7 Å². The number of nitrogens with two attached hydrogens (primary N) is 1. The SMILES string of the molecule is Cc1cc(N)ccc1N1CCc2ccccc2CC1. The topological polar surface area (TPSA) is 29.3 Å². The lowest BCUT2D eigenvalue weighted by Crippen LogP contribution is -2.26. The molecule has 1 aliphatic heterocycles. The third kappa shape index (κ3) is 2.43. The molecule has 0 amide bonds. The van der Waals surface area contributed by atoms with Gasteiger partial charge in [0.15, 0.2) is 0 Å². The summed E-state index contributed by atoms with van der Waals surface area (Å²) in [6, 6.07) is 15.0. The van der Waals surface area contributed by atoms with E-state index in [0.717, 1.165) is 31.6 Å². The lowest BCUT2D eigenvalue weighted by molar-refractivity contribution is 0.803. The van der Waals surface area contributed by atoms with Crippen LogP contribution in [0.25, 0.3) is 0 Å². The van der Waals surface area contributed by atoms with Crippen LogP contribution < -0.4 is 10.6 Å². The lowest BCUT2D eigenvalue weighted by Gasteiger charge is -2.24. The first-order valence-electron chi connectivity index (χ1n) is 6.92. The Morgan fingerprint density at radius 3 is 2.16 bits per heavy atom. The number of hydrogen-bond donors (Lipinski definition) is 1. The number of nitrogen functional groups attached to an aromatic ring is 1. The Balaban J connectivity index is 1.85. The van der Waals surface area contributed by atoms with E-state index in [9.17, 15) is 0 Å². The average Bonchev–Trinajstić information content (AvgIpc) is 2.62. The molecular formula is C17H20N2. The summed E-state index contributed by atoms with van der Waals surface area (Å²) in [7, 11) is 0. The van der Waals surface area contributed by atoms with Crippen molar-refractivity contribution in [1.82, 2.24) is 0 Å². The predicted molar refractivity (Wildman–Crippen MR) is 81.7 cm³/mol. The highest BCUT2D eigenvalue weighted by Gasteiger charge is 2.15. The summed E-state index contributed by atoms with van der Waals surface area (Å²) in [6.45, 7) is 4.31. The highest BCUT2D eigenvalue weighted by atomic mass is 15.1. The number of aryl methyl sites for hydroxylation is 1. The van der Waals surface area contributed by atoms with E-state index in [1.165, 1.54) is 22.4 Å². The monoisotopic (exact) mass is 252 g/mol. The number of fused-ring (bicyclic) bond motifs is 1. The molecule has 1 heterocycles. The van der Waals surface area contributed by atoms with Crippen molar-refractivity contribution >= 4 is 11.4 Å². The molecule has 2 aromatic rings. The minimum atomic E-state index is 0.847. The van der Waals surface area contributed by atoms with E-state index in [0.29, 0.717) is 0 Å². The fourth-order valence-electron chi connectivity index (χ4n) is 2.94. The first kappa shape index (κ1) is 12.1. The molecule has 0 saturated heterocycles. The van der Waals surface area contributed by atoms with Gasteiger partial charge >= 0.3 is 0 Å². The number of benzene rings is 2. The molecule has 2 aromatic carbocycles. The maximum atomic E-state index is 5.84. The molecule has 0 saturated carbocycles. The van der Waals surface area contributed by atoms with Crippen molar-refractivity contribution in [1.29, 1.82) is 0 Å². The second-order valence-corrected chi connectivity index (χ2v) is 5.30. The minimum Gasteiger partial charge on any atom is -0.399 e. The summed E-state index contributed by atoms with van der Waals surface area (Å²) in [6.07, 6.45) is 2.25. The molecule has 0 spiro atoms. The molecule has 2 nitrogen and oxygen atoms in total. The van der Waals surface area contributed by atoms with Crippen LogP contribution in [0.5, 0.6) is 0 Å². The van der Waals surface area contributed by atoms with Crippen molar-refractivity contribution in [3.05, 3.63) is 59.2 Å². The van der Waals surface area contributed by atoms with Crippen molar-refractivity contribution in [2.24, 2.45) is 0 Å². The Bertz CT molecular complexity index is 563. The van der Waals surface area contributed by atoms with Crippen LogP contribution in [0.1, 0.15) is 16.7 Å².